The van der Waals surface area contributed by atoms with E-state index in [0.717, 1.165) is 29.5 Å². The van der Waals surface area contributed by atoms with Crippen LogP contribution in [-0.2, 0) is 6.42 Å². The first-order valence-corrected chi connectivity index (χ1v) is 8.46. The van der Waals surface area contributed by atoms with Crippen LogP contribution < -0.4 is 5.32 Å². The molecule has 0 fully saturated rings. The summed E-state index contributed by atoms with van der Waals surface area (Å²) < 4.78 is 14.5. The lowest BCUT2D eigenvalue weighted by molar-refractivity contribution is 0.625. The fourth-order valence-corrected chi connectivity index (χ4v) is 2.59. The van der Waals surface area contributed by atoms with Crippen molar-refractivity contribution in [2.45, 2.75) is 33.6 Å². The summed E-state index contributed by atoms with van der Waals surface area (Å²) in [5.74, 6) is 0.0660. The van der Waals surface area contributed by atoms with Crippen molar-refractivity contribution in [2.24, 2.45) is 4.99 Å². The maximum Gasteiger partial charge on any atom is 0.172 e. The Hall–Kier alpha value is -2.13. The highest BCUT2D eigenvalue weighted by Gasteiger charge is 2.22. The molecule has 1 aliphatic rings. The predicted octanol–water partition coefficient (Wildman–Crippen LogP) is 5.86. The van der Waals surface area contributed by atoms with Crippen LogP contribution in [0.25, 0.3) is 0 Å². The van der Waals surface area contributed by atoms with E-state index in [1.54, 1.807) is 0 Å². The minimum absolute atomic E-state index is 0.192. The molecular weight excluding hydrogens is 323 g/mol. The van der Waals surface area contributed by atoms with E-state index in [1.165, 1.54) is 0 Å². The number of rotatable bonds is 5. The Morgan fingerprint density at radius 3 is 2.75 bits per heavy atom. The van der Waals surface area contributed by atoms with Crippen molar-refractivity contribution < 1.29 is 4.39 Å². The first-order valence-electron chi connectivity index (χ1n) is 8.08. The second-order valence-electron chi connectivity index (χ2n) is 5.45. The van der Waals surface area contributed by atoms with Gasteiger partial charge in [-0.2, -0.15) is 0 Å². The van der Waals surface area contributed by atoms with Gasteiger partial charge in [-0.25, -0.2) is 9.38 Å². The molecule has 24 heavy (non-hydrogen) atoms. The molecule has 0 amide bonds. The second-order valence-corrected chi connectivity index (χ2v) is 5.86. The van der Waals surface area contributed by atoms with E-state index in [2.05, 4.69) is 23.8 Å². The fraction of sp³-hybridized carbons (Fsp3) is 0.250. The highest BCUT2D eigenvalue weighted by molar-refractivity contribution is 6.34. The molecule has 0 atom stereocenters. The zero-order chi connectivity index (χ0) is 17.7. The molecule has 0 unspecified atom stereocenters. The van der Waals surface area contributed by atoms with Gasteiger partial charge in [-0.05, 0) is 43.0 Å². The average molecular weight is 345 g/mol. The third-order valence-electron chi connectivity index (χ3n) is 3.78. The smallest absolute Gasteiger partial charge is 0.172 e. The lowest BCUT2D eigenvalue weighted by atomic mass is 10.0. The van der Waals surface area contributed by atoms with Gasteiger partial charge in [0.15, 0.2) is 5.83 Å². The summed E-state index contributed by atoms with van der Waals surface area (Å²) >= 11 is 6.33. The van der Waals surface area contributed by atoms with E-state index >= 15 is 0 Å². The molecule has 0 bridgehead atoms. The summed E-state index contributed by atoms with van der Waals surface area (Å²) in [5.41, 5.74) is 3.07. The molecule has 0 saturated heterocycles. The molecule has 0 radical (unpaired) electrons. The van der Waals surface area contributed by atoms with E-state index in [-0.39, 0.29) is 11.4 Å². The third kappa shape index (κ3) is 3.85. The summed E-state index contributed by atoms with van der Waals surface area (Å²) in [6.07, 6.45) is 7.44. The van der Waals surface area contributed by atoms with Crippen LogP contribution in [0.15, 0.2) is 70.8 Å². The van der Waals surface area contributed by atoms with Crippen LogP contribution in [0.3, 0.4) is 0 Å². The Morgan fingerprint density at radius 2 is 2.12 bits per heavy atom. The number of aliphatic imine (C=N–C) groups is 1. The van der Waals surface area contributed by atoms with E-state index in [1.807, 2.05) is 50.3 Å². The van der Waals surface area contributed by atoms with Crippen LogP contribution in [0.1, 0.15) is 38.3 Å². The van der Waals surface area contributed by atoms with Gasteiger partial charge in [-0.3, -0.25) is 0 Å². The van der Waals surface area contributed by atoms with Crippen molar-refractivity contribution in [2.75, 3.05) is 0 Å². The van der Waals surface area contributed by atoms with Crippen LogP contribution in [0.2, 0.25) is 5.02 Å². The van der Waals surface area contributed by atoms with Gasteiger partial charge < -0.3 is 5.32 Å². The van der Waals surface area contributed by atoms with Gasteiger partial charge in [0.2, 0.25) is 0 Å². The van der Waals surface area contributed by atoms with Crippen molar-refractivity contribution >= 4 is 17.4 Å². The van der Waals surface area contributed by atoms with E-state index in [4.69, 9.17) is 11.6 Å². The van der Waals surface area contributed by atoms with Gasteiger partial charge in [-0.15, -0.1) is 0 Å². The molecule has 2 rings (SSSR count). The summed E-state index contributed by atoms with van der Waals surface area (Å²) in [4.78, 5) is 4.49. The van der Waals surface area contributed by atoms with E-state index in [9.17, 15) is 4.39 Å². The van der Waals surface area contributed by atoms with Gasteiger partial charge >= 0.3 is 0 Å². The summed E-state index contributed by atoms with van der Waals surface area (Å²) in [6, 6.07) is 5.78. The van der Waals surface area contributed by atoms with Crippen LogP contribution in [0.4, 0.5) is 4.39 Å². The van der Waals surface area contributed by atoms with Gasteiger partial charge in [0, 0.05) is 5.56 Å². The molecule has 1 N–H and O–H groups in total. The number of nitrogens with zero attached hydrogens (tertiary/aromatic N) is 1. The van der Waals surface area contributed by atoms with Crippen LogP contribution in [0, 0.1) is 0 Å². The lowest BCUT2D eigenvalue weighted by Gasteiger charge is -2.20. The number of aryl methyl sites for hydroxylation is 1. The topological polar surface area (TPSA) is 24.4 Å². The zero-order valence-electron chi connectivity index (χ0n) is 14.3. The minimum Gasteiger partial charge on any atom is -0.338 e. The maximum atomic E-state index is 14.5. The molecule has 0 aliphatic carbocycles. The van der Waals surface area contributed by atoms with Gasteiger partial charge in [-0.1, -0.05) is 56.3 Å². The number of hydrogen-bond donors (Lipinski definition) is 1. The second kappa shape index (κ2) is 8.11. The zero-order valence-corrected chi connectivity index (χ0v) is 15.0. The number of benzene rings is 1. The predicted molar refractivity (Wildman–Crippen MR) is 101 cm³/mol. The normalized spacial score (nSPS) is 15.8. The van der Waals surface area contributed by atoms with E-state index in [0.29, 0.717) is 10.9 Å². The number of amidine groups is 1. The monoisotopic (exact) mass is 344 g/mol. The van der Waals surface area contributed by atoms with Crippen molar-refractivity contribution in [1.29, 1.82) is 0 Å². The Balaban J connectivity index is 2.55. The van der Waals surface area contributed by atoms with Gasteiger partial charge in [0.25, 0.3) is 0 Å². The summed E-state index contributed by atoms with van der Waals surface area (Å²) in [5, 5.41) is 3.50. The van der Waals surface area contributed by atoms with Crippen molar-refractivity contribution in [3.05, 3.63) is 81.9 Å². The Bertz CT molecular complexity index is 770. The van der Waals surface area contributed by atoms with Crippen LogP contribution in [-0.4, -0.2) is 5.84 Å². The van der Waals surface area contributed by atoms with Gasteiger partial charge in [0.05, 0.1) is 10.7 Å². The summed E-state index contributed by atoms with van der Waals surface area (Å²) in [6.45, 7) is 9.73. The van der Waals surface area contributed by atoms with Crippen molar-refractivity contribution in [3.63, 3.8) is 0 Å². The summed E-state index contributed by atoms with van der Waals surface area (Å²) in [7, 11) is 0. The molecule has 1 aliphatic heterocycles. The molecule has 2 nitrogen and oxygen atoms in total. The molecule has 1 aromatic rings. The molecule has 126 valence electrons. The largest absolute Gasteiger partial charge is 0.338 e. The number of allylic oxidation sites excluding steroid dienone is 4. The molecule has 4 heteroatoms. The molecule has 0 spiro atoms. The SMILES string of the molecule is C=C1NC(c2cc(CC)ccc2Cl)=NC(C(/C=C\CC)=C/C)=C1F. The Labute approximate surface area is 148 Å². The average Bonchev–Trinajstić information content (AvgIpc) is 2.59. The number of hydrogen-bond acceptors (Lipinski definition) is 2. The Morgan fingerprint density at radius 1 is 1.38 bits per heavy atom. The van der Waals surface area contributed by atoms with Crippen molar-refractivity contribution in [1.82, 2.24) is 5.32 Å². The fourth-order valence-electron chi connectivity index (χ4n) is 2.38. The maximum absolute atomic E-state index is 14.5. The standard InChI is InChI=1S/C20H22ClFN2/c1-5-8-9-15(7-3)19-18(22)13(4)23-20(24-19)16-12-14(6-2)10-11-17(16)21/h7-12H,4-6H2,1-3H3,(H,23,24)/b9-8-,15-7+. The van der Waals surface area contributed by atoms with Crippen LogP contribution >= 0.6 is 11.6 Å². The van der Waals surface area contributed by atoms with Crippen LogP contribution in [0.5, 0.6) is 0 Å². The van der Waals surface area contributed by atoms with Crippen molar-refractivity contribution in [3.8, 4) is 0 Å². The first kappa shape index (κ1) is 18.2. The number of halogens is 2. The number of nitrogens with one attached hydrogen (secondary N) is 1. The van der Waals surface area contributed by atoms with Gasteiger partial charge in [0.1, 0.15) is 11.5 Å². The first-order chi connectivity index (χ1) is 11.5. The Kier molecular flexibility index (Phi) is 6.16. The minimum atomic E-state index is -0.449. The highest BCUT2D eigenvalue weighted by atomic mass is 35.5. The van der Waals surface area contributed by atoms with E-state index < -0.39 is 5.83 Å². The molecular formula is C20H22ClFN2. The molecule has 1 heterocycles. The quantitative estimate of drug-likeness (QED) is 0.665. The highest BCUT2D eigenvalue weighted by Crippen LogP contribution is 2.29. The third-order valence-corrected chi connectivity index (χ3v) is 4.11. The molecule has 0 saturated carbocycles. The molecule has 0 aromatic heterocycles. The lowest BCUT2D eigenvalue weighted by Crippen LogP contribution is -2.28. The molecule has 1 aromatic carbocycles.